The summed E-state index contributed by atoms with van der Waals surface area (Å²) in [7, 11) is -3.65. The molecule has 0 aromatic carbocycles. The molecule has 0 saturated carbocycles. The summed E-state index contributed by atoms with van der Waals surface area (Å²) in [6.45, 7) is 9.97. The predicted molar refractivity (Wildman–Crippen MR) is 96.0 cm³/mol. The lowest BCUT2D eigenvalue weighted by molar-refractivity contribution is -0.140. The summed E-state index contributed by atoms with van der Waals surface area (Å²) in [5.41, 5.74) is -0.0499. The van der Waals surface area contributed by atoms with Crippen molar-refractivity contribution in [1.29, 1.82) is 0 Å². The number of carbonyl (C=O) groups excluding carboxylic acids is 2. The van der Waals surface area contributed by atoms with Crippen molar-refractivity contribution in [2.75, 3.05) is 26.2 Å². The third-order valence-electron chi connectivity index (χ3n) is 3.94. The van der Waals surface area contributed by atoms with Crippen molar-refractivity contribution < 1.29 is 18.0 Å². The number of rotatable bonds is 4. The molecular formula is C16H25N3O4S2. The topological polar surface area (TPSA) is 87.6 Å². The van der Waals surface area contributed by atoms with Gasteiger partial charge in [0.2, 0.25) is 5.91 Å². The number of thiazole rings is 1. The second-order valence-electron chi connectivity index (χ2n) is 7.31. The minimum atomic E-state index is -3.65. The smallest absolute Gasteiger partial charge is 0.254 e. The van der Waals surface area contributed by atoms with Crippen molar-refractivity contribution >= 4 is 33.1 Å². The van der Waals surface area contributed by atoms with Crippen LogP contribution in [0.3, 0.4) is 0 Å². The van der Waals surface area contributed by atoms with Gasteiger partial charge in [-0.05, 0) is 13.8 Å². The number of Topliss-reactive ketones (excluding diaryl/α,β-unsaturated/α-hetero) is 1. The number of hydrogen-bond donors (Lipinski definition) is 0. The van der Waals surface area contributed by atoms with Crippen LogP contribution >= 0.6 is 11.3 Å². The van der Waals surface area contributed by atoms with Crippen LogP contribution in [0.1, 0.15) is 38.4 Å². The highest BCUT2D eigenvalue weighted by Gasteiger charge is 2.35. The lowest BCUT2D eigenvalue weighted by Crippen LogP contribution is -2.52. The van der Waals surface area contributed by atoms with E-state index in [0.717, 1.165) is 11.3 Å². The summed E-state index contributed by atoms with van der Waals surface area (Å²) < 4.78 is 27.4. The Morgan fingerprint density at radius 2 is 1.72 bits per heavy atom. The van der Waals surface area contributed by atoms with Gasteiger partial charge in [-0.1, -0.05) is 20.8 Å². The molecule has 1 fully saturated rings. The van der Waals surface area contributed by atoms with Crippen LogP contribution in [0.15, 0.2) is 4.21 Å². The van der Waals surface area contributed by atoms with Crippen molar-refractivity contribution in [3.8, 4) is 0 Å². The molecule has 1 aromatic heterocycles. The number of hydrogen-bond acceptors (Lipinski definition) is 6. The van der Waals surface area contributed by atoms with Crippen LogP contribution in [0, 0.1) is 12.3 Å². The molecule has 0 unspecified atom stereocenters. The summed E-state index contributed by atoms with van der Waals surface area (Å²) in [5, 5.41) is 0.519. The Morgan fingerprint density at radius 1 is 1.16 bits per heavy atom. The van der Waals surface area contributed by atoms with Crippen LogP contribution < -0.4 is 0 Å². The third-order valence-corrected chi connectivity index (χ3v) is 7.58. The molecule has 0 bridgehead atoms. The fourth-order valence-electron chi connectivity index (χ4n) is 2.69. The third kappa shape index (κ3) is 4.45. The molecule has 1 amide bonds. The first-order valence-electron chi connectivity index (χ1n) is 8.18. The van der Waals surface area contributed by atoms with E-state index in [9.17, 15) is 18.0 Å². The molecule has 1 aromatic rings. The summed E-state index contributed by atoms with van der Waals surface area (Å²) in [5.74, 6) is -0.0192. The highest BCUT2D eigenvalue weighted by atomic mass is 32.2. The van der Waals surface area contributed by atoms with Crippen LogP contribution in [0.4, 0.5) is 0 Å². The fraction of sp³-hybridized carbons (Fsp3) is 0.688. The van der Waals surface area contributed by atoms with E-state index in [1.807, 2.05) is 20.8 Å². The minimum absolute atomic E-state index is 0.0299. The molecule has 25 heavy (non-hydrogen) atoms. The van der Waals surface area contributed by atoms with Gasteiger partial charge in [0.25, 0.3) is 10.0 Å². The molecule has 2 rings (SSSR count). The van der Waals surface area contributed by atoms with E-state index in [1.54, 1.807) is 11.8 Å². The number of aryl methyl sites for hydroxylation is 1. The summed E-state index contributed by atoms with van der Waals surface area (Å²) in [6, 6.07) is 0. The van der Waals surface area contributed by atoms with Crippen LogP contribution in [0.5, 0.6) is 0 Å². The van der Waals surface area contributed by atoms with Gasteiger partial charge in [-0.3, -0.25) is 9.59 Å². The summed E-state index contributed by atoms with van der Waals surface area (Å²) in [4.78, 5) is 29.5. The Balaban J connectivity index is 2.13. The standard InChI is InChI=1S/C16H25N3O4S2/c1-11(20)10-13-17-12(2)14(24-13)25(22,23)19-8-6-18(7-9-19)15(21)16(3,4)5/h6-10H2,1-5H3. The Morgan fingerprint density at radius 3 is 2.20 bits per heavy atom. The minimum Gasteiger partial charge on any atom is -0.340 e. The van der Waals surface area contributed by atoms with Crippen LogP contribution in [0.2, 0.25) is 0 Å². The Labute approximate surface area is 153 Å². The Kier molecular flexibility index (Phi) is 5.70. The molecule has 0 atom stereocenters. The lowest BCUT2D eigenvalue weighted by atomic mass is 9.94. The average molecular weight is 388 g/mol. The van der Waals surface area contributed by atoms with E-state index in [4.69, 9.17) is 0 Å². The molecule has 9 heteroatoms. The van der Waals surface area contributed by atoms with Crippen molar-refractivity contribution in [1.82, 2.24) is 14.2 Å². The van der Waals surface area contributed by atoms with Gasteiger partial charge in [0, 0.05) is 31.6 Å². The van der Waals surface area contributed by atoms with Crippen LogP contribution in [-0.2, 0) is 26.0 Å². The highest BCUT2D eigenvalue weighted by Crippen LogP contribution is 2.28. The van der Waals surface area contributed by atoms with Gasteiger partial charge >= 0.3 is 0 Å². The van der Waals surface area contributed by atoms with Gasteiger partial charge in [0.15, 0.2) is 4.21 Å². The molecule has 0 N–H and O–H groups in total. The maximum absolute atomic E-state index is 12.9. The Hall–Kier alpha value is -1.32. The quantitative estimate of drug-likeness (QED) is 0.780. The van der Waals surface area contributed by atoms with Crippen molar-refractivity contribution in [2.45, 2.75) is 45.2 Å². The second-order valence-corrected chi connectivity index (χ2v) is 10.5. The Bertz CT molecular complexity index is 770. The average Bonchev–Trinajstić information content (AvgIpc) is 2.86. The van der Waals surface area contributed by atoms with E-state index in [0.29, 0.717) is 23.8 Å². The molecule has 0 spiro atoms. The number of amides is 1. The van der Waals surface area contributed by atoms with Gasteiger partial charge in [-0.2, -0.15) is 4.31 Å². The predicted octanol–water partition coefficient (Wildman–Crippen LogP) is 1.46. The highest BCUT2D eigenvalue weighted by molar-refractivity contribution is 7.91. The monoisotopic (exact) mass is 387 g/mol. The second kappa shape index (κ2) is 7.13. The molecule has 0 radical (unpaired) electrons. The summed E-state index contributed by atoms with van der Waals surface area (Å²) in [6.07, 6.45) is 0.148. The molecular weight excluding hydrogens is 362 g/mol. The molecule has 7 nitrogen and oxygen atoms in total. The first-order valence-corrected chi connectivity index (χ1v) is 10.4. The largest absolute Gasteiger partial charge is 0.340 e. The van der Waals surface area contributed by atoms with E-state index in [1.165, 1.54) is 11.2 Å². The maximum atomic E-state index is 12.9. The zero-order valence-corrected chi connectivity index (χ0v) is 17.0. The van der Waals surface area contributed by atoms with Gasteiger partial charge in [0.1, 0.15) is 10.8 Å². The van der Waals surface area contributed by atoms with E-state index in [-0.39, 0.29) is 35.4 Å². The number of piperazine rings is 1. The first kappa shape index (κ1) is 20.0. The van der Waals surface area contributed by atoms with Gasteiger partial charge < -0.3 is 4.90 Å². The molecule has 2 heterocycles. The van der Waals surface area contributed by atoms with Gasteiger partial charge in [-0.25, -0.2) is 13.4 Å². The number of nitrogens with zero attached hydrogens (tertiary/aromatic N) is 3. The van der Waals surface area contributed by atoms with Crippen molar-refractivity contribution in [2.24, 2.45) is 5.41 Å². The fourth-order valence-corrected chi connectivity index (χ4v) is 5.88. The summed E-state index contributed by atoms with van der Waals surface area (Å²) >= 11 is 1.06. The molecule has 1 saturated heterocycles. The number of ketones is 1. The first-order chi connectivity index (χ1) is 11.4. The maximum Gasteiger partial charge on any atom is 0.254 e. The number of carbonyl (C=O) groups is 2. The van der Waals surface area contributed by atoms with E-state index < -0.39 is 15.4 Å². The number of aromatic nitrogens is 1. The lowest BCUT2D eigenvalue weighted by Gasteiger charge is -2.36. The van der Waals surface area contributed by atoms with Crippen LogP contribution in [0.25, 0.3) is 0 Å². The molecule has 1 aliphatic heterocycles. The number of sulfonamides is 1. The van der Waals surface area contributed by atoms with Crippen molar-refractivity contribution in [3.63, 3.8) is 0 Å². The SMILES string of the molecule is CC(=O)Cc1nc(C)c(S(=O)(=O)N2CCN(C(=O)C(C)(C)C)CC2)s1. The molecule has 1 aliphatic rings. The van der Waals surface area contributed by atoms with E-state index in [2.05, 4.69) is 4.98 Å². The normalized spacial score (nSPS) is 16.9. The molecule has 0 aliphatic carbocycles. The zero-order valence-electron chi connectivity index (χ0n) is 15.3. The zero-order chi connectivity index (χ0) is 19.0. The van der Waals surface area contributed by atoms with Crippen LogP contribution in [-0.4, -0.2) is 60.5 Å². The van der Waals surface area contributed by atoms with E-state index >= 15 is 0 Å². The van der Waals surface area contributed by atoms with Gasteiger partial charge in [-0.15, -0.1) is 11.3 Å². The molecule has 140 valence electrons. The van der Waals surface area contributed by atoms with Gasteiger partial charge in [0.05, 0.1) is 12.1 Å². The van der Waals surface area contributed by atoms with Crippen molar-refractivity contribution in [3.05, 3.63) is 10.7 Å².